The SMILES string of the molecule is O=c1[nH]cnc(OCc2ccco2)c1Cl. The standard InChI is InChI=1S/C9H7ClN2O3/c10-7-8(13)11-5-12-9(7)15-4-6-2-1-3-14-6/h1-3,5H,4H2,(H,11,12,13). The molecule has 0 saturated carbocycles. The Bertz CT molecular complexity index is 492. The van der Waals surface area contributed by atoms with Crippen LogP contribution in [0.25, 0.3) is 0 Å². The van der Waals surface area contributed by atoms with Gasteiger partial charge in [0.2, 0.25) is 5.88 Å². The van der Waals surface area contributed by atoms with Gasteiger partial charge in [-0.05, 0) is 12.1 Å². The van der Waals surface area contributed by atoms with Crippen molar-refractivity contribution in [3.8, 4) is 5.88 Å². The summed E-state index contributed by atoms with van der Waals surface area (Å²) in [6.07, 6.45) is 2.76. The summed E-state index contributed by atoms with van der Waals surface area (Å²) in [6.45, 7) is 0.184. The zero-order chi connectivity index (χ0) is 10.7. The summed E-state index contributed by atoms with van der Waals surface area (Å²) in [4.78, 5) is 17.2. The first-order chi connectivity index (χ1) is 7.27. The second-order valence-corrected chi connectivity index (χ2v) is 3.10. The van der Waals surface area contributed by atoms with Gasteiger partial charge in [-0.1, -0.05) is 11.6 Å². The molecule has 0 bridgehead atoms. The molecule has 0 aliphatic carbocycles. The summed E-state index contributed by atoms with van der Waals surface area (Å²) in [5.74, 6) is 0.727. The Morgan fingerprint density at radius 1 is 1.60 bits per heavy atom. The Morgan fingerprint density at radius 3 is 3.20 bits per heavy atom. The quantitative estimate of drug-likeness (QED) is 0.863. The van der Waals surface area contributed by atoms with Gasteiger partial charge in [0.15, 0.2) is 5.02 Å². The van der Waals surface area contributed by atoms with Crippen molar-refractivity contribution < 1.29 is 9.15 Å². The fraction of sp³-hybridized carbons (Fsp3) is 0.111. The molecule has 0 spiro atoms. The lowest BCUT2D eigenvalue weighted by molar-refractivity contribution is 0.260. The van der Waals surface area contributed by atoms with Crippen molar-refractivity contribution in [2.24, 2.45) is 0 Å². The lowest BCUT2D eigenvalue weighted by Crippen LogP contribution is -2.09. The first-order valence-corrected chi connectivity index (χ1v) is 4.53. The molecule has 0 amide bonds. The van der Waals surface area contributed by atoms with Crippen LogP contribution >= 0.6 is 11.6 Å². The van der Waals surface area contributed by atoms with Crippen molar-refractivity contribution in [2.45, 2.75) is 6.61 Å². The number of aromatic amines is 1. The van der Waals surface area contributed by atoms with Crippen LogP contribution in [0.3, 0.4) is 0 Å². The van der Waals surface area contributed by atoms with Crippen molar-refractivity contribution in [3.05, 3.63) is 45.9 Å². The Labute approximate surface area is 89.7 Å². The Hall–Kier alpha value is -1.75. The molecular formula is C9H7ClN2O3. The van der Waals surface area contributed by atoms with Crippen LogP contribution in [-0.4, -0.2) is 9.97 Å². The van der Waals surface area contributed by atoms with Crippen LogP contribution in [0, 0.1) is 0 Å². The third-order valence-corrected chi connectivity index (χ3v) is 2.03. The third kappa shape index (κ3) is 2.19. The van der Waals surface area contributed by atoms with Gasteiger partial charge in [-0.25, -0.2) is 4.98 Å². The van der Waals surface area contributed by atoms with Gasteiger partial charge in [0.1, 0.15) is 12.4 Å². The number of ether oxygens (including phenoxy) is 1. The van der Waals surface area contributed by atoms with Gasteiger partial charge < -0.3 is 14.1 Å². The van der Waals surface area contributed by atoms with Crippen LogP contribution in [0.4, 0.5) is 0 Å². The van der Waals surface area contributed by atoms with Crippen LogP contribution in [0.1, 0.15) is 5.76 Å². The Morgan fingerprint density at radius 2 is 2.47 bits per heavy atom. The van der Waals surface area contributed by atoms with E-state index in [0.29, 0.717) is 5.76 Å². The van der Waals surface area contributed by atoms with Crippen LogP contribution in [0.15, 0.2) is 33.9 Å². The van der Waals surface area contributed by atoms with E-state index in [-0.39, 0.29) is 17.5 Å². The van der Waals surface area contributed by atoms with Crippen LogP contribution in [-0.2, 0) is 6.61 Å². The summed E-state index contributed by atoms with van der Waals surface area (Å²) >= 11 is 5.67. The average molecular weight is 227 g/mol. The number of rotatable bonds is 3. The second kappa shape index (κ2) is 4.18. The van der Waals surface area contributed by atoms with E-state index in [9.17, 15) is 4.79 Å². The largest absolute Gasteiger partial charge is 0.468 e. The smallest absolute Gasteiger partial charge is 0.273 e. The highest BCUT2D eigenvalue weighted by molar-refractivity contribution is 6.31. The number of furan rings is 1. The van der Waals surface area contributed by atoms with E-state index in [0.717, 1.165) is 0 Å². The molecule has 0 atom stereocenters. The molecule has 0 unspecified atom stereocenters. The molecule has 78 valence electrons. The minimum atomic E-state index is -0.430. The molecule has 6 heteroatoms. The third-order valence-electron chi connectivity index (χ3n) is 1.70. The lowest BCUT2D eigenvalue weighted by Gasteiger charge is -2.03. The molecule has 15 heavy (non-hydrogen) atoms. The van der Waals surface area contributed by atoms with E-state index in [4.69, 9.17) is 20.8 Å². The maximum Gasteiger partial charge on any atom is 0.273 e. The van der Waals surface area contributed by atoms with Crippen molar-refractivity contribution in [2.75, 3.05) is 0 Å². The summed E-state index contributed by atoms with van der Waals surface area (Å²) in [7, 11) is 0. The first kappa shape index (κ1) is 9.79. The van der Waals surface area contributed by atoms with Gasteiger partial charge in [-0.15, -0.1) is 0 Å². The van der Waals surface area contributed by atoms with E-state index in [1.54, 1.807) is 12.1 Å². The topological polar surface area (TPSA) is 68.1 Å². The van der Waals surface area contributed by atoms with Crippen molar-refractivity contribution in [3.63, 3.8) is 0 Å². The molecule has 5 nitrogen and oxygen atoms in total. The van der Waals surface area contributed by atoms with Gasteiger partial charge in [0, 0.05) is 0 Å². The fourth-order valence-electron chi connectivity index (χ4n) is 1.00. The molecule has 1 N–H and O–H groups in total. The number of aromatic nitrogens is 2. The number of halogens is 1. The predicted molar refractivity (Wildman–Crippen MR) is 52.9 cm³/mol. The van der Waals surface area contributed by atoms with Crippen LogP contribution in [0.2, 0.25) is 5.02 Å². The minimum absolute atomic E-state index is 0.0657. The zero-order valence-corrected chi connectivity index (χ0v) is 8.32. The number of hydrogen-bond donors (Lipinski definition) is 1. The normalized spacial score (nSPS) is 10.2. The summed E-state index contributed by atoms with van der Waals surface area (Å²) in [5, 5.41) is -0.0657. The molecule has 0 radical (unpaired) electrons. The van der Waals surface area contributed by atoms with Crippen molar-refractivity contribution in [1.82, 2.24) is 9.97 Å². The molecule has 0 aromatic carbocycles. The van der Waals surface area contributed by atoms with Gasteiger partial charge in [-0.2, -0.15) is 0 Å². The average Bonchev–Trinajstić information content (AvgIpc) is 2.73. The summed E-state index contributed by atoms with van der Waals surface area (Å²) in [5.41, 5.74) is -0.430. The Kier molecular flexibility index (Phi) is 2.73. The molecule has 2 rings (SSSR count). The van der Waals surface area contributed by atoms with Gasteiger partial charge in [0.05, 0.1) is 12.6 Å². The first-order valence-electron chi connectivity index (χ1n) is 4.16. The molecule has 0 aliphatic heterocycles. The van der Waals surface area contributed by atoms with Crippen LogP contribution < -0.4 is 10.3 Å². The summed E-state index contributed by atoms with van der Waals surface area (Å²) < 4.78 is 10.2. The lowest BCUT2D eigenvalue weighted by atomic mass is 10.5. The Balaban J connectivity index is 2.12. The molecule has 0 fully saturated rings. The monoisotopic (exact) mass is 226 g/mol. The maximum absolute atomic E-state index is 11.1. The molecule has 2 aromatic rings. The zero-order valence-electron chi connectivity index (χ0n) is 7.57. The van der Waals surface area contributed by atoms with E-state index < -0.39 is 5.56 Å². The van der Waals surface area contributed by atoms with Gasteiger partial charge in [0.25, 0.3) is 5.56 Å². The number of nitrogens with one attached hydrogen (secondary N) is 1. The molecule has 2 aromatic heterocycles. The highest BCUT2D eigenvalue weighted by Crippen LogP contribution is 2.16. The predicted octanol–water partition coefficient (Wildman–Crippen LogP) is 1.60. The van der Waals surface area contributed by atoms with E-state index in [1.807, 2.05) is 0 Å². The minimum Gasteiger partial charge on any atom is -0.468 e. The van der Waals surface area contributed by atoms with Crippen molar-refractivity contribution >= 4 is 11.6 Å². The van der Waals surface area contributed by atoms with Gasteiger partial charge in [-0.3, -0.25) is 4.79 Å². The maximum atomic E-state index is 11.1. The highest BCUT2D eigenvalue weighted by atomic mass is 35.5. The number of hydrogen-bond acceptors (Lipinski definition) is 4. The fourth-order valence-corrected chi connectivity index (χ4v) is 1.16. The molecule has 0 saturated heterocycles. The number of nitrogens with zero attached hydrogens (tertiary/aromatic N) is 1. The van der Waals surface area contributed by atoms with Crippen molar-refractivity contribution in [1.29, 1.82) is 0 Å². The highest BCUT2D eigenvalue weighted by Gasteiger charge is 2.07. The van der Waals surface area contributed by atoms with E-state index >= 15 is 0 Å². The second-order valence-electron chi connectivity index (χ2n) is 2.72. The molecular weight excluding hydrogens is 220 g/mol. The summed E-state index contributed by atoms with van der Waals surface area (Å²) in [6, 6.07) is 3.49. The van der Waals surface area contributed by atoms with E-state index in [2.05, 4.69) is 9.97 Å². The van der Waals surface area contributed by atoms with Crippen LogP contribution in [0.5, 0.6) is 5.88 Å². The molecule has 2 heterocycles. The van der Waals surface area contributed by atoms with Gasteiger partial charge >= 0.3 is 0 Å². The van der Waals surface area contributed by atoms with E-state index in [1.165, 1.54) is 12.6 Å². The number of H-pyrrole nitrogens is 1. The molecule has 0 aliphatic rings.